The molecule has 2 N–H and O–H groups in total. The minimum Gasteiger partial charge on any atom is -0.497 e. The van der Waals surface area contributed by atoms with Crippen molar-refractivity contribution in [2.45, 2.75) is 25.3 Å². The van der Waals surface area contributed by atoms with Crippen molar-refractivity contribution in [1.29, 1.82) is 0 Å². The number of rotatable bonds is 3. The number of benzene rings is 2. The van der Waals surface area contributed by atoms with E-state index in [1.165, 1.54) is 17.5 Å². The van der Waals surface area contributed by atoms with Crippen molar-refractivity contribution >= 4 is 17.0 Å². The molecule has 112 valence electrons. The van der Waals surface area contributed by atoms with Crippen molar-refractivity contribution < 1.29 is 4.74 Å². The maximum Gasteiger partial charge on any atom is 0.201 e. The van der Waals surface area contributed by atoms with Crippen LogP contribution in [-0.2, 0) is 6.42 Å². The minimum atomic E-state index is 0.277. The maximum absolute atomic E-state index is 5.38. The van der Waals surface area contributed by atoms with E-state index in [-0.39, 0.29) is 6.04 Å². The number of aryl methyl sites for hydroxylation is 1. The van der Waals surface area contributed by atoms with Crippen LogP contribution in [-0.4, -0.2) is 17.1 Å². The van der Waals surface area contributed by atoms with Crippen LogP contribution in [0, 0.1) is 0 Å². The van der Waals surface area contributed by atoms with E-state index in [4.69, 9.17) is 4.74 Å². The number of fused-ring (bicyclic) bond motifs is 2. The molecule has 1 unspecified atom stereocenters. The molecule has 0 spiro atoms. The highest BCUT2D eigenvalue weighted by Crippen LogP contribution is 2.34. The van der Waals surface area contributed by atoms with Crippen LogP contribution in [0.1, 0.15) is 30.0 Å². The van der Waals surface area contributed by atoms with E-state index in [1.54, 1.807) is 7.11 Å². The molecule has 3 aromatic rings. The van der Waals surface area contributed by atoms with Crippen LogP contribution in [0.2, 0.25) is 0 Å². The molecular weight excluding hydrogens is 274 g/mol. The molecule has 0 saturated carbocycles. The number of hydrogen-bond donors (Lipinski definition) is 2. The number of aromatic amines is 1. The molecule has 1 aliphatic carbocycles. The molecule has 4 nitrogen and oxygen atoms in total. The Morgan fingerprint density at radius 1 is 1.23 bits per heavy atom. The number of hydrogen-bond acceptors (Lipinski definition) is 3. The van der Waals surface area contributed by atoms with Crippen LogP contribution in [0.3, 0.4) is 0 Å². The van der Waals surface area contributed by atoms with E-state index in [0.717, 1.165) is 35.6 Å². The lowest BCUT2D eigenvalue weighted by Crippen LogP contribution is -2.18. The summed E-state index contributed by atoms with van der Waals surface area (Å²) in [4.78, 5) is 7.97. The van der Waals surface area contributed by atoms with Gasteiger partial charge in [0.25, 0.3) is 0 Å². The standard InChI is InChI=1S/C18H19N3O/c1-22-13-10-9-12-5-4-8-15(14(12)11-13)19-18-20-16-6-2-3-7-17(16)21-18/h2-3,6-7,9-11,15H,4-5,8H2,1H3,(H2,19,20,21). The summed E-state index contributed by atoms with van der Waals surface area (Å²) in [6, 6.07) is 14.7. The molecule has 4 rings (SSSR count). The van der Waals surface area contributed by atoms with Crippen LogP contribution in [0.4, 0.5) is 5.95 Å². The second-order valence-electron chi connectivity index (χ2n) is 5.76. The zero-order valence-electron chi connectivity index (χ0n) is 12.6. The van der Waals surface area contributed by atoms with Gasteiger partial charge in [0, 0.05) is 0 Å². The van der Waals surface area contributed by atoms with Crippen LogP contribution in [0.25, 0.3) is 11.0 Å². The minimum absolute atomic E-state index is 0.277. The number of para-hydroxylation sites is 2. The summed E-state index contributed by atoms with van der Waals surface area (Å²) >= 11 is 0. The number of ether oxygens (including phenoxy) is 1. The van der Waals surface area contributed by atoms with Crippen molar-refractivity contribution in [3.63, 3.8) is 0 Å². The monoisotopic (exact) mass is 293 g/mol. The first-order chi connectivity index (χ1) is 10.8. The van der Waals surface area contributed by atoms with Gasteiger partial charge in [-0.1, -0.05) is 18.2 Å². The SMILES string of the molecule is COc1ccc2c(c1)C(Nc1nc3ccccc3[nH]1)CCC2. The highest BCUT2D eigenvalue weighted by Gasteiger charge is 2.21. The molecular formula is C18H19N3O. The highest BCUT2D eigenvalue weighted by atomic mass is 16.5. The Labute approximate surface area is 129 Å². The second kappa shape index (κ2) is 5.37. The van der Waals surface area contributed by atoms with E-state index in [2.05, 4.69) is 27.4 Å². The Balaban J connectivity index is 1.66. The van der Waals surface area contributed by atoms with E-state index in [9.17, 15) is 0 Å². The first-order valence-corrected chi connectivity index (χ1v) is 7.71. The van der Waals surface area contributed by atoms with Crippen LogP contribution in [0.5, 0.6) is 5.75 Å². The molecule has 0 amide bonds. The quantitative estimate of drug-likeness (QED) is 0.765. The first-order valence-electron chi connectivity index (χ1n) is 7.71. The van der Waals surface area contributed by atoms with E-state index < -0.39 is 0 Å². The number of methoxy groups -OCH3 is 1. The van der Waals surface area contributed by atoms with Gasteiger partial charge < -0.3 is 15.0 Å². The molecule has 4 heteroatoms. The summed E-state index contributed by atoms with van der Waals surface area (Å²) in [6.07, 6.45) is 3.44. The van der Waals surface area contributed by atoms with Gasteiger partial charge in [-0.3, -0.25) is 0 Å². The molecule has 0 bridgehead atoms. The number of imidazole rings is 1. The van der Waals surface area contributed by atoms with E-state index >= 15 is 0 Å². The molecule has 1 heterocycles. The lowest BCUT2D eigenvalue weighted by atomic mass is 9.87. The van der Waals surface area contributed by atoms with Crippen LogP contribution < -0.4 is 10.1 Å². The topological polar surface area (TPSA) is 49.9 Å². The normalized spacial score (nSPS) is 17.2. The van der Waals surface area contributed by atoms with Gasteiger partial charge >= 0.3 is 0 Å². The maximum atomic E-state index is 5.38. The molecule has 1 atom stereocenters. The fourth-order valence-electron chi connectivity index (χ4n) is 3.24. The number of aromatic nitrogens is 2. The molecule has 0 radical (unpaired) electrons. The Bertz CT molecular complexity index is 776. The highest BCUT2D eigenvalue weighted by molar-refractivity contribution is 5.77. The summed E-state index contributed by atoms with van der Waals surface area (Å²) in [5.41, 5.74) is 4.78. The fraction of sp³-hybridized carbons (Fsp3) is 0.278. The molecule has 22 heavy (non-hydrogen) atoms. The van der Waals surface area contributed by atoms with Gasteiger partial charge in [0.1, 0.15) is 5.75 Å². The smallest absolute Gasteiger partial charge is 0.201 e. The Kier molecular flexibility index (Phi) is 3.22. The molecule has 2 aromatic carbocycles. The van der Waals surface area contributed by atoms with Gasteiger partial charge in [-0.2, -0.15) is 0 Å². The van der Waals surface area contributed by atoms with Gasteiger partial charge in [0.15, 0.2) is 0 Å². The Morgan fingerprint density at radius 3 is 3.00 bits per heavy atom. The zero-order valence-corrected chi connectivity index (χ0v) is 12.6. The first kappa shape index (κ1) is 13.2. The van der Waals surface area contributed by atoms with E-state index in [1.807, 2.05) is 30.3 Å². The van der Waals surface area contributed by atoms with Gasteiger partial charge in [-0.05, 0) is 54.7 Å². The third-order valence-corrected chi connectivity index (χ3v) is 4.37. The lowest BCUT2D eigenvalue weighted by Gasteiger charge is -2.26. The third-order valence-electron chi connectivity index (χ3n) is 4.37. The fourth-order valence-corrected chi connectivity index (χ4v) is 3.24. The van der Waals surface area contributed by atoms with Crippen molar-refractivity contribution in [3.8, 4) is 5.75 Å². The molecule has 0 saturated heterocycles. The van der Waals surface area contributed by atoms with Gasteiger partial charge in [0.2, 0.25) is 5.95 Å². The Hall–Kier alpha value is -2.49. The predicted octanol–water partition coefficient (Wildman–Crippen LogP) is 4.06. The van der Waals surface area contributed by atoms with Crippen molar-refractivity contribution in [1.82, 2.24) is 9.97 Å². The summed E-state index contributed by atoms with van der Waals surface area (Å²) in [7, 11) is 1.71. The average molecular weight is 293 g/mol. The van der Waals surface area contributed by atoms with Crippen LogP contribution >= 0.6 is 0 Å². The zero-order chi connectivity index (χ0) is 14.9. The molecule has 1 aromatic heterocycles. The molecule has 1 aliphatic rings. The molecule has 0 fully saturated rings. The van der Waals surface area contributed by atoms with Gasteiger partial charge in [-0.25, -0.2) is 4.98 Å². The summed E-state index contributed by atoms with van der Waals surface area (Å²) in [6.45, 7) is 0. The number of anilines is 1. The summed E-state index contributed by atoms with van der Waals surface area (Å²) < 4.78 is 5.38. The summed E-state index contributed by atoms with van der Waals surface area (Å²) in [5, 5.41) is 3.56. The van der Waals surface area contributed by atoms with Crippen molar-refractivity contribution in [2.24, 2.45) is 0 Å². The van der Waals surface area contributed by atoms with Crippen molar-refractivity contribution in [2.75, 3.05) is 12.4 Å². The van der Waals surface area contributed by atoms with Gasteiger partial charge in [0.05, 0.1) is 24.2 Å². The average Bonchev–Trinajstić information content (AvgIpc) is 2.97. The number of nitrogens with one attached hydrogen (secondary N) is 2. The lowest BCUT2D eigenvalue weighted by molar-refractivity contribution is 0.413. The Morgan fingerprint density at radius 2 is 2.14 bits per heavy atom. The molecule has 0 aliphatic heterocycles. The van der Waals surface area contributed by atoms with Crippen molar-refractivity contribution in [3.05, 3.63) is 53.6 Å². The largest absolute Gasteiger partial charge is 0.497 e. The van der Waals surface area contributed by atoms with Crippen LogP contribution in [0.15, 0.2) is 42.5 Å². The summed E-state index contributed by atoms with van der Waals surface area (Å²) in [5.74, 6) is 1.75. The van der Waals surface area contributed by atoms with E-state index in [0.29, 0.717) is 0 Å². The predicted molar refractivity (Wildman–Crippen MR) is 88.4 cm³/mol. The number of H-pyrrole nitrogens is 1. The second-order valence-corrected chi connectivity index (χ2v) is 5.76. The van der Waals surface area contributed by atoms with Gasteiger partial charge in [-0.15, -0.1) is 0 Å². The third kappa shape index (κ3) is 2.30. The number of nitrogens with zero attached hydrogens (tertiary/aromatic N) is 1.